The number of pyridine rings is 2. The average molecular weight is 379 g/mol. The van der Waals surface area contributed by atoms with Crippen molar-refractivity contribution in [1.82, 2.24) is 19.9 Å². The van der Waals surface area contributed by atoms with E-state index in [-0.39, 0.29) is 0 Å². The van der Waals surface area contributed by atoms with Gasteiger partial charge in [-0.25, -0.2) is 9.97 Å². The maximum atomic E-state index is 4.80. The highest BCUT2D eigenvalue weighted by Crippen LogP contribution is 2.29. The SMILES string of the molecule is c1ccc(-c2nc3c(c(NCc4ccc(-c5cccnc5)cc4)n2)CCC3)nc1. The van der Waals surface area contributed by atoms with Crippen LogP contribution in [0.1, 0.15) is 23.2 Å². The molecule has 0 saturated heterocycles. The maximum Gasteiger partial charge on any atom is 0.180 e. The lowest BCUT2D eigenvalue weighted by molar-refractivity contribution is 0.899. The van der Waals surface area contributed by atoms with Crippen LogP contribution in [-0.4, -0.2) is 19.9 Å². The Morgan fingerprint density at radius 1 is 0.828 bits per heavy atom. The summed E-state index contributed by atoms with van der Waals surface area (Å²) in [6.07, 6.45) is 8.62. The maximum absolute atomic E-state index is 4.80. The summed E-state index contributed by atoms with van der Waals surface area (Å²) >= 11 is 0. The molecule has 1 aliphatic carbocycles. The fraction of sp³-hybridized carbons (Fsp3) is 0.167. The van der Waals surface area contributed by atoms with Crippen molar-refractivity contribution in [2.24, 2.45) is 0 Å². The van der Waals surface area contributed by atoms with Crippen molar-refractivity contribution in [3.63, 3.8) is 0 Å². The van der Waals surface area contributed by atoms with E-state index in [0.29, 0.717) is 5.82 Å². The highest BCUT2D eigenvalue weighted by Gasteiger charge is 2.20. The molecule has 1 aliphatic rings. The highest BCUT2D eigenvalue weighted by molar-refractivity contribution is 5.63. The Balaban J connectivity index is 1.37. The summed E-state index contributed by atoms with van der Waals surface area (Å²) in [5.41, 5.74) is 6.71. The molecule has 5 heteroatoms. The molecule has 0 saturated carbocycles. The molecule has 142 valence electrons. The standard InChI is InChI=1S/C24H21N5/c1-2-14-26-22(7-1)24-28-21-8-3-6-20(21)23(29-24)27-15-17-9-11-18(12-10-17)19-5-4-13-25-16-19/h1-2,4-5,7,9-14,16H,3,6,8,15H2,(H,27,28,29). The van der Waals surface area contributed by atoms with Gasteiger partial charge in [0.2, 0.25) is 0 Å². The molecule has 5 rings (SSSR count). The van der Waals surface area contributed by atoms with E-state index in [1.54, 1.807) is 12.4 Å². The van der Waals surface area contributed by atoms with Gasteiger partial charge in [0.05, 0.1) is 0 Å². The molecule has 0 atom stereocenters. The van der Waals surface area contributed by atoms with E-state index < -0.39 is 0 Å². The largest absolute Gasteiger partial charge is 0.366 e. The molecule has 0 spiro atoms. The van der Waals surface area contributed by atoms with Gasteiger partial charge in [-0.15, -0.1) is 0 Å². The van der Waals surface area contributed by atoms with Gasteiger partial charge in [-0.1, -0.05) is 36.4 Å². The normalized spacial score (nSPS) is 12.6. The Labute approximate surface area is 169 Å². The van der Waals surface area contributed by atoms with Gasteiger partial charge in [0.25, 0.3) is 0 Å². The number of aryl methyl sites for hydroxylation is 1. The van der Waals surface area contributed by atoms with E-state index >= 15 is 0 Å². The Morgan fingerprint density at radius 2 is 1.76 bits per heavy atom. The van der Waals surface area contributed by atoms with Gasteiger partial charge < -0.3 is 5.32 Å². The van der Waals surface area contributed by atoms with Gasteiger partial charge in [0.15, 0.2) is 5.82 Å². The van der Waals surface area contributed by atoms with E-state index in [1.165, 1.54) is 16.7 Å². The molecule has 29 heavy (non-hydrogen) atoms. The zero-order valence-electron chi connectivity index (χ0n) is 16.0. The number of nitrogens with zero attached hydrogens (tertiary/aromatic N) is 4. The zero-order chi connectivity index (χ0) is 19.5. The van der Waals surface area contributed by atoms with E-state index in [9.17, 15) is 0 Å². The van der Waals surface area contributed by atoms with Crippen molar-refractivity contribution < 1.29 is 0 Å². The lowest BCUT2D eigenvalue weighted by Gasteiger charge is -2.12. The second-order valence-electron chi connectivity index (χ2n) is 7.18. The Kier molecular flexibility index (Phi) is 4.70. The van der Waals surface area contributed by atoms with Crippen molar-refractivity contribution in [2.45, 2.75) is 25.8 Å². The smallest absolute Gasteiger partial charge is 0.180 e. The van der Waals surface area contributed by atoms with Crippen LogP contribution in [0.2, 0.25) is 0 Å². The summed E-state index contributed by atoms with van der Waals surface area (Å²) in [6.45, 7) is 0.721. The van der Waals surface area contributed by atoms with Gasteiger partial charge in [0.1, 0.15) is 11.5 Å². The summed E-state index contributed by atoms with van der Waals surface area (Å²) in [6, 6.07) is 18.4. The summed E-state index contributed by atoms with van der Waals surface area (Å²) in [7, 11) is 0. The van der Waals surface area contributed by atoms with Crippen molar-refractivity contribution in [3.05, 3.63) is 90.0 Å². The molecule has 0 amide bonds. The zero-order valence-corrected chi connectivity index (χ0v) is 16.0. The fourth-order valence-corrected chi connectivity index (χ4v) is 3.72. The second-order valence-corrected chi connectivity index (χ2v) is 7.18. The van der Waals surface area contributed by atoms with Crippen LogP contribution in [0.15, 0.2) is 73.2 Å². The molecule has 0 unspecified atom stereocenters. The number of benzene rings is 1. The number of aromatic nitrogens is 4. The number of hydrogen-bond donors (Lipinski definition) is 1. The number of rotatable bonds is 5. The van der Waals surface area contributed by atoms with Crippen LogP contribution in [0.3, 0.4) is 0 Å². The fourth-order valence-electron chi connectivity index (χ4n) is 3.72. The van der Waals surface area contributed by atoms with Crippen LogP contribution < -0.4 is 5.32 Å². The first-order valence-electron chi connectivity index (χ1n) is 9.91. The Morgan fingerprint density at radius 3 is 2.55 bits per heavy atom. The van der Waals surface area contributed by atoms with Gasteiger partial charge in [-0.2, -0.15) is 0 Å². The molecule has 0 bridgehead atoms. The number of hydrogen-bond acceptors (Lipinski definition) is 5. The van der Waals surface area contributed by atoms with E-state index in [0.717, 1.165) is 48.6 Å². The molecule has 5 nitrogen and oxygen atoms in total. The molecule has 0 radical (unpaired) electrons. The minimum Gasteiger partial charge on any atom is -0.366 e. The van der Waals surface area contributed by atoms with E-state index in [2.05, 4.69) is 45.6 Å². The molecule has 0 aliphatic heterocycles. The predicted molar refractivity (Wildman–Crippen MR) is 114 cm³/mol. The van der Waals surface area contributed by atoms with Crippen molar-refractivity contribution in [2.75, 3.05) is 5.32 Å². The first-order valence-corrected chi connectivity index (χ1v) is 9.91. The Bertz CT molecular complexity index is 1110. The molecule has 0 fully saturated rings. The predicted octanol–water partition coefficient (Wildman–Crippen LogP) is 4.70. The Hall–Kier alpha value is -3.60. The molecule has 1 N–H and O–H groups in total. The lowest BCUT2D eigenvalue weighted by atomic mass is 10.1. The molecule has 4 aromatic rings. The first kappa shape index (κ1) is 17.5. The van der Waals surface area contributed by atoms with Crippen LogP contribution in [0.5, 0.6) is 0 Å². The minimum absolute atomic E-state index is 0.695. The van der Waals surface area contributed by atoms with Crippen LogP contribution in [-0.2, 0) is 19.4 Å². The lowest BCUT2D eigenvalue weighted by Crippen LogP contribution is -2.08. The molecular weight excluding hydrogens is 358 g/mol. The summed E-state index contributed by atoms with van der Waals surface area (Å²) in [5.74, 6) is 1.63. The third-order valence-electron chi connectivity index (χ3n) is 5.24. The van der Waals surface area contributed by atoms with Crippen molar-refractivity contribution in [1.29, 1.82) is 0 Å². The van der Waals surface area contributed by atoms with Crippen LogP contribution in [0.25, 0.3) is 22.6 Å². The summed E-state index contributed by atoms with van der Waals surface area (Å²) in [4.78, 5) is 18.2. The van der Waals surface area contributed by atoms with Crippen LogP contribution in [0, 0.1) is 0 Å². The summed E-state index contributed by atoms with van der Waals surface area (Å²) < 4.78 is 0. The number of anilines is 1. The van der Waals surface area contributed by atoms with Crippen molar-refractivity contribution >= 4 is 5.82 Å². The van der Waals surface area contributed by atoms with Crippen LogP contribution in [0.4, 0.5) is 5.82 Å². The van der Waals surface area contributed by atoms with Crippen LogP contribution >= 0.6 is 0 Å². The highest BCUT2D eigenvalue weighted by atomic mass is 15.0. The third kappa shape index (κ3) is 3.72. The minimum atomic E-state index is 0.695. The molecule has 3 heterocycles. The molecule has 1 aromatic carbocycles. The monoisotopic (exact) mass is 379 g/mol. The topological polar surface area (TPSA) is 63.6 Å². The molecule has 3 aromatic heterocycles. The molecular formula is C24H21N5. The summed E-state index contributed by atoms with van der Waals surface area (Å²) in [5, 5.41) is 3.54. The van der Waals surface area contributed by atoms with Gasteiger partial charge >= 0.3 is 0 Å². The number of fused-ring (bicyclic) bond motifs is 1. The first-order chi connectivity index (χ1) is 14.4. The number of nitrogens with one attached hydrogen (secondary N) is 1. The van der Waals surface area contributed by atoms with Gasteiger partial charge in [-0.3, -0.25) is 9.97 Å². The van der Waals surface area contributed by atoms with Gasteiger partial charge in [-0.05, 0) is 54.2 Å². The van der Waals surface area contributed by atoms with Gasteiger partial charge in [0, 0.05) is 36.4 Å². The van der Waals surface area contributed by atoms with Crippen molar-refractivity contribution in [3.8, 4) is 22.6 Å². The van der Waals surface area contributed by atoms with E-state index in [1.807, 2.05) is 30.5 Å². The average Bonchev–Trinajstić information content (AvgIpc) is 3.28. The third-order valence-corrected chi connectivity index (χ3v) is 5.24. The quantitative estimate of drug-likeness (QED) is 0.544. The second kappa shape index (κ2) is 7.80. The van der Waals surface area contributed by atoms with E-state index in [4.69, 9.17) is 9.97 Å².